The minimum atomic E-state index is -0.353. The molecule has 2 N–H and O–H groups in total. The fourth-order valence-electron chi connectivity index (χ4n) is 1.81. The Morgan fingerprint density at radius 1 is 1.44 bits per heavy atom. The smallest absolute Gasteiger partial charge is 0.193 e. The van der Waals surface area contributed by atoms with Gasteiger partial charge in [-0.3, -0.25) is 9.38 Å². The quantitative estimate of drug-likeness (QED) is 0.787. The first-order chi connectivity index (χ1) is 8.72. The molecule has 4 nitrogen and oxygen atoms in total. The third-order valence-corrected chi connectivity index (χ3v) is 3.47. The van der Waals surface area contributed by atoms with Crippen LogP contribution >= 0.6 is 11.3 Å². The number of hydrogen-bond acceptors (Lipinski definition) is 4. The normalized spacial score (nSPS) is 13.0. The third-order valence-electron chi connectivity index (χ3n) is 2.70. The molecule has 0 radical (unpaired) electrons. The highest BCUT2D eigenvalue weighted by Crippen LogP contribution is 2.17. The Bertz CT molecular complexity index is 630. The fraction of sp³-hybridized carbons (Fsp3) is 0.167. The molecular weight excluding hydrogens is 251 g/mol. The van der Waals surface area contributed by atoms with Crippen molar-refractivity contribution in [3.8, 4) is 0 Å². The van der Waals surface area contributed by atoms with Crippen molar-refractivity contribution in [2.24, 2.45) is 5.73 Å². The second kappa shape index (κ2) is 4.47. The van der Waals surface area contributed by atoms with Gasteiger partial charge in [-0.1, -0.05) is 0 Å². The molecule has 18 heavy (non-hydrogen) atoms. The van der Waals surface area contributed by atoms with E-state index in [0.29, 0.717) is 12.1 Å². The van der Waals surface area contributed by atoms with Gasteiger partial charge in [-0.25, -0.2) is 9.37 Å². The number of nitrogens with two attached hydrogens (primary N) is 1. The number of thiazole rings is 1. The zero-order chi connectivity index (χ0) is 12.5. The molecule has 0 spiro atoms. The largest absolute Gasteiger partial charge is 0.322 e. The standard InChI is InChI=1S/C12H11FN4S/c13-8-1-2-11(15-6-8)10(14)5-9-7-17-3-4-18-12(17)16-9/h1-4,6-7,10H,5,14H2. The van der Waals surface area contributed by atoms with Crippen molar-refractivity contribution in [3.63, 3.8) is 0 Å². The van der Waals surface area contributed by atoms with Crippen molar-refractivity contribution < 1.29 is 4.39 Å². The third kappa shape index (κ3) is 2.12. The van der Waals surface area contributed by atoms with E-state index >= 15 is 0 Å². The lowest BCUT2D eigenvalue weighted by atomic mass is 10.1. The van der Waals surface area contributed by atoms with Gasteiger partial charge in [0, 0.05) is 24.2 Å². The highest BCUT2D eigenvalue weighted by atomic mass is 32.1. The lowest BCUT2D eigenvalue weighted by Gasteiger charge is -2.08. The molecule has 0 aliphatic carbocycles. The molecule has 3 aromatic rings. The molecule has 3 rings (SSSR count). The topological polar surface area (TPSA) is 56.2 Å². The number of hydrogen-bond donors (Lipinski definition) is 1. The predicted octanol–water partition coefficient (Wildman–Crippen LogP) is 2.17. The van der Waals surface area contributed by atoms with Crippen molar-refractivity contribution >= 4 is 16.3 Å². The SMILES string of the molecule is NC(Cc1cn2ccsc2n1)c1ccc(F)cn1. The first-order valence-corrected chi connectivity index (χ1v) is 6.38. The summed E-state index contributed by atoms with van der Waals surface area (Å²) in [4.78, 5) is 9.39. The van der Waals surface area contributed by atoms with Crippen LogP contribution in [0.25, 0.3) is 4.96 Å². The van der Waals surface area contributed by atoms with Gasteiger partial charge >= 0.3 is 0 Å². The molecule has 0 aromatic carbocycles. The maximum absolute atomic E-state index is 12.8. The van der Waals surface area contributed by atoms with Crippen LogP contribution in [0.15, 0.2) is 36.1 Å². The molecule has 6 heteroatoms. The Balaban J connectivity index is 1.79. The number of imidazole rings is 1. The van der Waals surface area contributed by atoms with Crippen molar-refractivity contribution in [1.29, 1.82) is 0 Å². The van der Waals surface area contributed by atoms with Crippen LogP contribution in [-0.4, -0.2) is 14.4 Å². The van der Waals surface area contributed by atoms with E-state index in [-0.39, 0.29) is 11.9 Å². The van der Waals surface area contributed by atoms with Gasteiger partial charge in [0.25, 0.3) is 0 Å². The molecule has 0 saturated heterocycles. The molecule has 92 valence electrons. The van der Waals surface area contributed by atoms with E-state index < -0.39 is 0 Å². The van der Waals surface area contributed by atoms with Crippen LogP contribution in [0.5, 0.6) is 0 Å². The average Bonchev–Trinajstić information content (AvgIpc) is 2.90. The molecule has 1 atom stereocenters. The lowest BCUT2D eigenvalue weighted by molar-refractivity contribution is 0.611. The molecule has 1 unspecified atom stereocenters. The minimum Gasteiger partial charge on any atom is -0.322 e. The van der Waals surface area contributed by atoms with Crippen LogP contribution in [0.4, 0.5) is 4.39 Å². The van der Waals surface area contributed by atoms with Crippen LogP contribution in [0.1, 0.15) is 17.4 Å². The van der Waals surface area contributed by atoms with E-state index in [2.05, 4.69) is 9.97 Å². The van der Waals surface area contributed by atoms with Crippen LogP contribution < -0.4 is 5.73 Å². The summed E-state index contributed by atoms with van der Waals surface area (Å²) in [6, 6.07) is 2.71. The maximum Gasteiger partial charge on any atom is 0.193 e. The van der Waals surface area contributed by atoms with Gasteiger partial charge < -0.3 is 5.73 Å². The Morgan fingerprint density at radius 3 is 3.06 bits per heavy atom. The van der Waals surface area contributed by atoms with Crippen molar-refractivity contribution in [3.05, 3.63) is 53.3 Å². The van der Waals surface area contributed by atoms with Crippen LogP contribution in [-0.2, 0) is 6.42 Å². The summed E-state index contributed by atoms with van der Waals surface area (Å²) in [5.41, 5.74) is 7.63. The fourth-order valence-corrected chi connectivity index (χ4v) is 2.53. The summed E-state index contributed by atoms with van der Waals surface area (Å²) < 4.78 is 14.7. The van der Waals surface area contributed by atoms with Gasteiger partial charge in [-0.15, -0.1) is 11.3 Å². The van der Waals surface area contributed by atoms with Crippen LogP contribution in [0.3, 0.4) is 0 Å². The first kappa shape index (κ1) is 11.3. The van der Waals surface area contributed by atoms with Gasteiger partial charge in [0.2, 0.25) is 0 Å². The van der Waals surface area contributed by atoms with Gasteiger partial charge in [0.1, 0.15) is 5.82 Å². The second-order valence-electron chi connectivity index (χ2n) is 4.04. The van der Waals surface area contributed by atoms with Gasteiger partial charge in [0.05, 0.1) is 23.6 Å². The molecule has 0 fully saturated rings. The van der Waals surface area contributed by atoms with Crippen molar-refractivity contribution in [2.45, 2.75) is 12.5 Å². The number of fused-ring (bicyclic) bond motifs is 1. The van der Waals surface area contributed by atoms with E-state index in [1.165, 1.54) is 12.3 Å². The summed E-state index contributed by atoms with van der Waals surface area (Å²) in [5.74, 6) is -0.353. The number of nitrogens with zero attached hydrogens (tertiary/aromatic N) is 3. The summed E-state index contributed by atoms with van der Waals surface area (Å²) >= 11 is 1.58. The molecule has 0 bridgehead atoms. The second-order valence-corrected chi connectivity index (χ2v) is 4.91. The Morgan fingerprint density at radius 2 is 2.33 bits per heavy atom. The summed E-state index contributed by atoms with van der Waals surface area (Å²) in [6.07, 6.45) is 5.68. The molecule has 0 aliphatic heterocycles. The zero-order valence-electron chi connectivity index (χ0n) is 9.45. The first-order valence-electron chi connectivity index (χ1n) is 5.50. The average molecular weight is 262 g/mol. The Labute approximate surface area is 107 Å². The van der Waals surface area contributed by atoms with E-state index in [1.807, 2.05) is 22.2 Å². The number of aromatic nitrogens is 3. The Kier molecular flexibility index (Phi) is 2.81. The zero-order valence-corrected chi connectivity index (χ0v) is 10.3. The van der Waals surface area contributed by atoms with Crippen molar-refractivity contribution in [1.82, 2.24) is 14.4 Å². The highest BCUT2D eigenvalue weighted by molar-refractivity contribution is 7.15. The lowest BCUT2D eigenvalue weighted by Crippen LogP contribution is -2.15. The van der Waals surface area contributed by atoms with E-state index in [4.69, 9.17) is 5.73 Å². The molecule has 0 aliphatic rings. The van der Waals surface area contributed by atoms with Gasteiger partial charge in [0.15, 0.2) is 4.96 Å². The number of pyridine rings is 1. The van der Waals surface area contributed by atoms with E-state index in [1.54, 1.807) is 17.4 Å². The van der Waals surface area contributed by atoms with Gasteiger partial charge in [-0.2, -0.15) is 0 Å². The summed E-state index contributed by atoms with van der Waals surface area (Å²) in [5, 5.41) is 1.98. The van der Waals surface area contributed by atoms with E-state index in [9.17, 15) is 4.39 Å². The van der Waals surface area contributed by atoms with Crippen LogP contribution in [0.2, 0.25) is 0 Å². The summed E-state index contributed by atoms with van der Waals surface area (Å²) in [6.45, 7) is 0. The minimum absolute atomic E-state index is 0.268. The number of rotatable bonds is 3. The van der Waals surface area contributed by atoms with Gasteiger partial charge in [-0.05, 0) is 12.1 Å². The molecule has 3 heterocycles. The Hall–Kier alpha value is -1.79. The highest BCUT2D eigenvalue weighted by Gasteiger charge is 2.11. The molecule has 3 aromatic heterocycles. The summed E-state index contributed by atoms with van der Waals surface area (Å²) in [7, 11) is 0. The molecule has 0 saturated carbocycles. The molecule has 0 amide bonds. The van der Waals surface area contributed by atoms with Crippen LogP contribution in [0, 0.1) is 5.82 Å². The monoisotopic (exact) mass is 262 g/mol. The van der Waals surface area contributed by atoms with Crippen molar-refractivity contribution in [2.75, 3.05) is 0 Å². The number of halogens is 1. The van der Waals surface area contributed by atoms with E-state index in [0.717, 1.165) is 10.7 Å². The predicted molar refractivity (Wildman–Crippen MR) is 67.9 cm³/mol. The maximum atomic E-state index is 12.8. The molecular formula is C12H11FN4S.